The van der Waals surface area contributed by atoms with Gasteiger partial charge in [0.1, 0.15) is 0 Å². The molecule has 1 saturated heterocycles. The van der Waals surface area contributed by atoms with Gasteiger partial charge in [0, 0.05) is 26.2 Å². The second-order valence-corrected chi connectivity index (χ2v) is 5.99. The van der Waals surface area contributed by atoms with Crippen LogP contribution in [0.15, 0.2) is 16.8 Å². The van der Waals surface area contributed by atoms with E-state index in [2.05, 4.69) is 27.0 Å². The first-order valence-electron chi connectivity index (χ1n) is 6.84. The van der Waals surface area contributed by atoms with Gasteiger partial charge in [-0.15, -0.1) is 0 Å². The van der Waals surface area contributed by atoms with Crippen molar-refractivity contribution in [1.82, 2.24) is 15.1 Å². The van der Waals surface area contributed by atoms with E-state index in [0.717, 1.165) is 13.1 Å². The van der Waals surface area contributed by atoms with Crippen LogP contribution < -0.4 is 5.32 Å². The molecule has 0 aromatic carbocycles. The van der Waals surface area contributed by atoms with Crippen LogP contribution in [0.4, 0.5) is 0 Å². The number of amides is 1. The zero-order valence-electron chi connectivity index (χ0n) is 11.8. The molecule has 0 bridgehead atoms. The van der Waals surface area contributed by atoms with Gasteiger partial charge in [0.05, 0.1) is 6.54 Å². The van der Waals surface area contributed by atoms with Gasteiger partial charge in [0.2, 0.25) is 5.91 Å². The molecule has 1 aliphatic rings. The minimum atomic E-state index is 0.217. The summed E-state index contributed by atoms with van der Waals surface area (Å²) in [6.07, 6.45) is 2.40. The van der Waals surface area contributed by atoms with Gasteiger partial charge in [-0.05, 0) is 48.8 Å². The van der Waals surface area contributed by atoms with E-state index in [1.165, 1.54) is 18.4 Å². The predicted octanol–water partition coefficient (Wildman–Crippen LogP) is 1.39. The fourth-order valence-electron chi connectivity index (χ4n) is 2.61. The van der Waals surface area contributed by atoms with Crippen LogP contribution in [0.25, 0.3) is 0 Å². The lowest BCUT2D eigenvalue weighted by Crippen LogP contribution is -2.43. The second kappa shape index (κ2) is 7.03. The van der Waals surface area contributed by atoms with Crippen LogP contribution in [0, 0.1) is 0 Å². The zero-order chi connectivity index (χ0) is 13.7. The van der Waals surface area contributed by atoms with Crippen LogP contribution in [-0.2, 0) is 11.3 Å². The SMILES string of the molecule is CNCC1CCCN1CC(=O)N(C)Cc1ccsc1. The highest BCUT2D eigenvalue weighted by atomic mass is 32.1. The molecule has 0 saturated carbocycles. The summed E-state index contributed by atoms with van der Waals surface area (Å²) in [7, 11) is 3.87. The molecule has 5 heteroatoms. The van der Waals surface area contributed by atoms with Crippen molar-refractivity contribution in [3.63, 3.8) is 0 Å². The smallest absolute Gasteiger partial charge is 0.236 e. The van der Waals surface area contributed by atoms with Crippen molar-refractivity contribution in [3.05, 3.63) is 22.4 Å². The van der Waals surface area contributed by atoms with Crippen molar-refractivity contribution < 1.29 is 4.79 Å². The maximum atomic E-state index is 12.2. The van der Waals surface area contributed by atoms with Crippen LogP contribution in [-0.4, -0.2) is 55.5 Å². The highest BCUT2D eigenvalue weighted by Gasteiger charge is 2.26. The summed E-state index contributed by atoms with van der Waals surface area (Å²) in [5.74, 6) is 0.217. The molecule has 2 rings (SSSR count). The molecule has 106 valence electrons. The average molecular weight is 281 g/mol. The Morgan fingerprint density at radius 1 is 1.63 bits per heavy atom. The largest absolute Gasteiger partial charge is 0.340 e. The number of nitrogens with zero attached hydrogens (tertiary/aromatic N) is 2. The summed E-state index contributed by atoms with van der Waals surface area (Å²) in [4.78, 5) is 16.4. The number of hydrogen-bond donors (Lipinski definition) is 1. The van der Waals surface area contributed by atoms with Crippen LogP contribution in [0.5, 0.6) is 0 Å². The molecule has 0 aliphatic carbocycles. The van der Waals surface area contributed by atoms with Gasteiger partial charge >= 0.3 is 0 Å². The number of thiophene rings is 1. The lowest BCUT2D eigenvalue weighted by molar-refractivity contribution is -0.131. The summed E-state index contributed by atoms with van der Waals surface area (Å²) in [6.45, 7) is 3.28. The van der Waals surface area contributed by atoms with Gasteiger partial charge in [-0.1, -0.05) is 0 Å². The van der Waals surface area contributed by atoms with Crippen LogP contribution in [0.1, 0.15) is 18.4 Å². The molecule has 1 aliphatic heterocycles. The number of rotatable bonds is 6. The normalized spacial score (nSPS) is 19.8. The predicted molar refractivity (Wildman–Crippen MR) is 79.3 cm³/mol. The summed E-state index contributed by atoms with van der Waals surface area (Å²) in [5, 5.41) is 7.37. The first-order valence-corrected chi connectivity index (χ1v) is 7.78. The maximum Gasteiger partial charge on any atom is 0.236 e. The van der Waals surface area contributed by atoms with Gasteiger partial charge in [0.15, 0.2) is 0 Å². The summed E-state index contributed by atoms with van der Waals surface area (Å²) in [5.41, 5.74) is 1.22. The molecular weight excluding hydrogens is 258 g/mol. The van der Waals surface area contributed by atoms with Gasteiger partial charge < -0.3 is 10.2 Å². The van der Waals surface area contributed by atoms with Crippen molar-refractivity contribution in [3.8, 4) is 0 Å². The maximum absolute atomic E-state index is 12.2. The summed E-state index contributed by atoms with van der Waals surface area (Å²) < 4.78 is 0. The third kappa shape index (κ3) is 4.03. The average Bonchev–Trinajstić information content (AvgIpc) is 3.02. The standard InChI is InChI=1S/C14H23N3OS/c1-15-8-13-4-3-6-17(13)10-14(18)16(2)9-12-5-7-19-11-12/h5,7,11,13,15H,3-4,6,8-10H2,1-2H3. The van der Waals surface area contributed by atoms with Crippen molar-refractivity contribution in [1.29, 1.82) is 0 Å². The van der Waals surface area contributed by atoms with E-state index < -0.39 is 0 Å². The first-order chi connectivity index (χ1) is 9.20. The molecule has 1 fully saturated rings. The Labute approximate surface area is 119 Å². The van der Waals surface area contributed by atoms with E-state index in [1.54, 1.807) is 11.3 Å². The molecule has 0 spiro atoms. The van der Waals surface area contributed by atoms with E-state index in [0.29, 0.717) is 19.1 Å². The zero-order valence-corrected chi connectivity index (χ0v) is 12.6. The van der Waals surface area contributed by atoms with Crippen molar-refractivity contribution in [2.75, 3.05) is 33.7 Å². The van der Waals surface area contributed by atoms with E-state index in [4.69, 9.17) is 0 Å². The number of carbonyl (C=O) groups excluding carboxylic acids is 1. The molecule has 0 radical (unpaired) electrons. The van der Waals surface area contributed by atoms with Crippen molar-refractivity contribution >= 4 is 17.2 Å². The molecule has 1 aromatic heterocycles. The van der Waals surface area contributed by atoms with Gasteiger partial charge in [-0.25, -0.2) is 0 Å². The van der Waals surface area contributed by atoms with E-state index >= 15 is 0 Å². The van der Waals surface area contributed by atoms with Gasteiger partial charge in [-0.3, -0.25) is 9.69 Å². The Bertz CT molecular complexity index is 393. The van der Waals surface area contributed by atoms with Crippen LogP contribution in [0.2, 0.25) is 0 Å². The molecule has 19 heavy (non-hydrogen) atoms. The quantitative estimate of drug-likeness (QED) is 0.856. The number of nitrogens with one attached hydrogen (secondary N) is 1. The van der Waals surface area contributed by atoms with Crippen LogP contribution >= 0.6 is 11.3 Å². The monoisotopic (exact) mass is 281 g/mol. The highest BCUT2D eigenvalue weighted by molar-refractivity contribution is 7.07. The second-order valence-electron chi connectivity index (χ2n) is 5.21. The number of likely N-dealkylation sites (N-methyl/N-ethyl adjacent to an activating group) is 2. The lowest BCUT2D eigenvalue weighted by atomic mass is 10.2. The fraction of sp³-hybridized carbons (Fsp3) is 0.643. The summed E-state index contributed by atoms with van der Waals surface area (Å²) in [6, 6.07) is 2.59. The molecule has 1 aromatic rings. The molecule has 1 N–H and O–H groups in total. The Hall–Kier alpha value is -0.910. The van der Waals surface area contributed by atoms with E-state index in [-0.39, 0.29) is 5.91 Å². The lowest BCUT2D eigenvalue weighted by Gasteiger charge is -2.26. The Balaban J connectivity index is 1.82. The van der Waals surface area contributed by atoms with E-state index in [9.17, 15) is 4.79 Å². The summed E-state index contributed by atoms with van der Waals surface area (Å²) >= 11 is 1.68. The van der Waals surface area contributed by atoms with Crippen molar-refractivity contribution in [2.24, 2.45) is 0 Å². The highest BCUT2D eigenvalue weighted by Crippen LogP contribution is 2.16. The van der Waals surface area contributed by atoms with Gasteiger partial charge in [-0.2, -0.15) is 11.3 Å². The number of carbonyl (C=O) groups is 1. The first kappa shape index (κ1) is 14.5. The minimum Gasteiger partial charge on any atom is -0.340 e. The fourth-order valence-corrected chi connectivity index (χ4v) is 3.27. The molecule has 2 heterocycles. The third-order valence-corrected chi connectivity index (χ3v) is 4.43. The van der Waals surface area contributed by atoms with Gasteiger partial charge in [0.25, 0.3) is 0 Å². The Morgan fingerprint density at radius 2 is 2.47 bits per heavy atom. The molecule has 4 nitrogen and oxygen atoms in total. The van der Waals surface area contributed by atoms with Crippen LogP contribution in [0.3, 0.4) is 0 Å². The molecular formula is C14H23N3OS. The van der Waals surface area contributed by atoms with E-state index in [1.807, 2.05) is 19.0 Å². The number of hydrogen-bond acceptors (Lipinski definition) is 4. The minimum absolute atomic E-state index is 0.217. The number of likely N-dealkylation sites (tertiary alicyclic amines) is 1. The molecule has 1 amide bonds. The Kier molecular flexibility index (Phi) is 5.36. The Morgan fingerprint density at radius 3 is 3.16 bits per heavy atom. The van der Waals surface area contributed by atoms with Crippen molar-refractivity contribution in [2.45, 2.75) is 25.4 Å². The topological polar surface area (TPSA) is 35.6 Å². The molecule has 1 atom stereocenters. The third-order valence-electron chi connectivity index (χ3n) is 3.70. The molecule has 1 unspecified atom stereocenters.